The van der Waals surface area contributed by atoms with E-state index in [4.69, 9.17) is 16.4 Å². The molecular formula is C18H23ClN2O3S. The molecule has 0 aliphatic heterocycles. The van der Waals surface area contributed by atoms with E-state index in [1.54, 1.807) is 12.1 Å². The minimum Gasteiger partial charge on any atom is -0.409 e. The van der Waals surface area contributed by atoms with Crippen molar-refractivity contribution in [3.05, 3.63) is 59.1 Å². The second-order valence-corrected chi connectivity index (χ2v) is 7.80. The van der Waals surface area contributed by atoms with Crippen LogP contribution >= 0.6 is 11.6 Å². The van der Waals surface area contributed by atoms with Gasteiger partial charge in [-0.3, -0.25) is 0 Å². The summed E-state index contributed by atoms with van der Waals surface area (Å²) in [6, 6.07) is 13.7. The topological polar surface area (TPSA) is 67.4 Å². The SMILES string of the molecule is CCCCNOc1cccc(CCNS(=O)(=O)c2ccc(Cl)cc2)c1. The van der Waals surface area contributed by atoms with Gasteiger partial charge in [0.2, 0.25) is 10.0 Å². The summed E-state index contributed by atoms with van der Waals surface area (Å²) in [4.78, 5) is 5.68. The average Bonchev–Trinajstić information content (AvgIpc) is 2.59. The van der Waals surface area contributed by atoms with Gasteiger partial charge >= 0.3 is 0 Å². The summed E-state index contributed by atoms with van der Waals surface area (Å²) >= 11 is 5.78. The fraction of sp³-hybridized carbons (Fsp3) is 0.333. The van der Waals surface area contributed by atoms with Crippen molar-refractivity contribution in [2.45, 2.75) is 31.1 Å². The molecule has 0 spiro atoms. The van der Waals surface area contributed by atoms with Gasteiger partial charge in [-0.05, 0) is 54.8 Å². The Morgan fingerprint density at radius 2 is 1.84 bits per heavy atom. The third-order valence-corrected chi connectivity index (χ3v) is 5.28. The lowest BCUT2D eigenvalue weighted by Crippen LogP contribution is -2.26. The second-order valence-electron chi connectivity index (χ2n) is 5.60. The van der Waals surface area contributed by atoms with Crippen LogP contribution in [0.2, 0.25) is 5.02 Å². The van der Waals surface area contributed by atoms with Crippen molar-refractivity contribution >= 4 is 21.6 Å². The monoisotopic (exact) mass is 382 g/mol. The van der Waals surface area contributed by atoms with Crippen molar-refractivity contribution < 1.29 is 13.3 Å². The van der Waals surface area contributed by atoms with Gasteiger partial charge in [-0.2, -0.15) is 5.48 Å². The van der Waals surface area contributed by atoms with Gasteiger partial charge < -0.3 is 4.84 Å². The molecule has 2 rings (SSSR count). The van der Waals surface area contributed by atoms with Gasteiger partial charge in [0.1, 0.15) is 5.75 Å². The number of benzene rings is 2. The highest BCUT2D eigenvalue weighted by Gasteiger charge is 2.12. The molecule has 0 saturated heterocycles. The molecule has 0 atom stereocenters. The Kier molecular flexibility index (Phi) is 7.71. The minimum atomic E-state index is -3.53. The number of sulfonamides is 1. The van der Waals surface area contributed by atoms with Crippen LogP contribution in [0.3, 0.4) is 0 Å². The standard InChI is InChI=1S/C18H23ClN2O3S/c1-2-3-12-20-24-17-6-4-5-15(14-17)11-13-21-25(22,23)18-9-7-16(19)8-10-18/h4-10,14,20-21H,2-3,11-13H2,1H3. The molecule has 0 heterocycles. The Labute approximate surface area is 154 Å². The number of hydrogen-bond acceptors (Lipinski definition) is 4. The van der Waals surface area contributed by atoms with Crippen molar-refractivity contribution in [1.29, 1.82) is 0 Å². The Hall–Kier alpha value is -1.60. The zero-order valence-electron chi connectivity index (χ0n) is 14.2. The maximum Gasteiger partial charge on any atom is 0.240 e. The fourth-order valence-electron chi connectivity index (χ4n) is 2.17. The van der Waals surface area contributed by atoms with Crippen LogP contribution in [-0.2, 0) is 16.4 Å². The molecule has 136 valence electrons. The normalized spacial score (nSPS) is 11.4. The van der Waals surface area contributed by atoms with Crippen LogP contribution in [0.1, 0.15) is 25.3 Å². The van der Waals surface area contributed by atoms with E-state index in [2.05, 4.69) is 17.1 Å². The summed E-state index contributed by atoms with van der Waals surface area (Å²) in [5.74, 6) is 0.717. The lowest BCUT2D eigenvalue weighted by atomic mass is 10.1. The van der Waals surface area contributed by atoms with E-state index < -0.39 is 10.0 Å². The first kappa shape index (κ1) is 19.7. The quantitative estimate of drug-likeness (QED) is 0.487. The molecule has 0 saturated carbocycles. The smallest absolute Gasteiger partial charge is 0.240 e. The first-order valence-electron chi connectivity index (χ1n) is 8.25. The summed E-state index contributed by atoms with van der Waals surface area (Å²) in [5, 5.41) is 0.503. The molecular weight excluding hydrogens is 360 g/mol. The van der Waals surface area contributed by atoms with Gasteiger partial charge in [0, 0.05) is 18.1 Å². The van der Waals surface area contributed by atoms with Crippen LogP contribution in [0, 0.1) is 0 Å². The van der Waals surface area contributed by atoms with Crippen molar-refractivity contribution in [3.8, 4) is 5.75 Å². The summed E-state index contributed by atoms with van der Waals surface area (Å²) in [6.45, 7) is 3.21. The maximum absolute atomic E-state index is 12.2. The Balaban J connectivity index is 1.85. The first-order valence-corrected chi connectivity index (χ1v) is 10.1. The summed E-state index contributed by atoms with van der Waals surface area (Å²) < 4.78 is 27.0. The Morgan fingerprint density at radius 3 is 2.56 bits per heavy atom. The molecule has 7 heteroatoms. The summed E-state index contributed by atoms with van der Waals surface area (Å²) in [7, 11) is -3.53. The van der Waals surface area contributed by atoms with E-state index >= 15 is 0 Å². The van der Waals surface area contributed by atoms with Crippen molar-refractivity contribution in [3.63, 3.8) is 0 Å². The molecule has 2 aromatic rings. The number of unbranched alkanes of at least 4 members (excludes halogenated alkanes) is 1. The molecule has 0 aliphatic carbocycles. The van der Waals surface area contributed by atoms with Gasteiger partial charge in [0.05, 0.1) is 4.90 Å². The number of halogens is 1. The molecule has 25 heavy (non-hydrogen) atoms. The number of nitrogens with one attached hydrogen (secondary N) is 2. The third-order valence-electron chi connectivity index (χ3n) is 3.55. The minimum absolute atomic E-state index is 0.203. The first-order chi connectivity index (χ1) is 12.0. The number of rotatable bonds is 10. The van der Waals surface area contributed by atoms with Gasteiger partial charge in [0.25, 0.3) is 0 Å². The van der Waals surface area contributed by atoms with E-state index in [1.807, 2.05) is 24.3 Å². The van der Waals surface area contributed by atoms with Crippen molar-refractivity contribution in [2.75, 3.05) is 13.1 Å². The lowest BCUT2D eigenvalue weighted by molar-refractivity contribution is 0.194. The second kappa shape index (κ2) is 9.77. The molecule has 5 nitrogen and oxygen atoms in total. The van der Waals surface area contributed by atoms with Crippen LogP contribution in [0.25, 0.3) is 0 Å². The zero-order chi connectivity index (χ0) is 18.1. The molecule has 0 radical (unpaired) electrons. The molecule has 2 N–H and O–H groups in total. The molecule has 0 amide bonds. The van der Waals surface area contributed by atoms with Crippen LogP contribution in [0.4, 0.5) is 0 Å². The Bertz CT molecular complexity index is 764. The third kappa shape index (κ3) is 6.66. The highest BCUT2D eigenvalue weighted by molar-refractivity contribution is 7.89. The predicted octanol–water partition coefficient (Wildman–Crippen LogP) is 3.54. The average molecular weight is 383 g/mol. The van der Waals surface area contributed by atoms with E-state index in [9.17, 15) is 8.42 Å². The van der Waals surface area contributed by atoms with Gasteiger partial charge in [-0.1, -0.05) is 37.1 Å². The van der Waals surface area contributed by atoms with E-state index in [1.165, 1.54) is 12.1 Å². The van der Waals surface area contributed by atoms with Crippen LogP contribution in [0.5, 0.6) is 5.75 Å². The van der Waals surface area contributed by atoms with Crippen molar-refractivity contribution in [1.82, 2.24) is 10.2 Å². The van der Waals surface area contributed by atoms with Crippen LogP contribution in [0.15, 0.2) is 53.4 Å². The molecule has 0 aliphatic rings. The fourth-order valence-corrected chi connectivity index (χ4v) is 3.33. The Morgan fingerprint density at radius 1 is 1.08 bits per heavy atom. The van der Waals surface area contributed by atoms with E-state index in [0.717, 1.165) is 24.9 Å². The zero-order valence-corrected chi connectivity index (χ0v) is 15.7. The van der Waals surface area contributed by atoms with Gasteiger partial charge in [-0.25, -0.2) is 13.1 Å². The maximum atomic E-state index is 12.2. The number of hydrogen-bond donors (Lipinski definition) is 2. The van der Waals surface area contributed by atoms with Crippen LogP contribution < -0.4 is 15.0 Å². The summed E-state index contributed by atoms with van der Waals surface area (Å²) in [6.07, 6.45) is 2.72. The molecule has 0 unspecified atom stereocenters. The number of hydroxylamine groups is 1. The predicted molar refractivity (Wildman–Crippen MR) is 100 cm³/mol. The largest absolute Gasteiger partial charge is 0.409 e. The highest BCUT2D eigenvalue weighted by atomic mass is 35.5. The van der Waals surface area contributed by atoms with E-state index in [0.29, 0.717) is 23.7 Å². The molecule has 2 aromatic carbocycles. The molecule has 0 bridgehead atoms. The lowest BCUT2D eigenvalue weighted by Gasteiger charge is -2.09. The van der Waals surface area contributed by atoms with Crippen LogP contribution in [-0.4, -0.2) is 21.5 Å². The van der Waals surface area contributed by atoms with Crippen molar-refractivity contribution in [2.24, 2.45) is 0 Å². The molecule has 0 aromatic heterocycles. The summed E-state index contributed by atoms with van der Waals surface area (Å²) in [5.41, 5.74) is 3.91. The molecule has 0 fully saturated rings. The highest BCUT2D eigenvalue weighted by Crippen LogP contribution is 2.15. The van der Waals surface area contributed by atoms with E-state index in [-0.39, 0.29) is 4.90 Å². The van der Waals surface area contributed by atoms with Gasteiger partial charge in [-0.15, -0.1) is 0 Å². The van der Waals surface area contributed by atoms with Gasteiger partial charge in [0.15, 0.2) is 0 Å².